The van der Waals surface area contributed by atoms with Crippen LogP contribution in [0.3, 0.4) is 0 Å². The summed E-state index contributed by atoms with van der Waals surface area (Å²) >= 11 is 0. The van der Waals surface area contributed by atoms with E-state index in [4.69, 9.17) is 4.55 Å². The van der Waals surface area contributed by atoms with Gasteiger partial charge in [-0.05, 0) is 11.1 Å². The van der Waals surface area contributed by atoms with Crippen LogP contribution in [0.25, 0.3) is 0 Å². The van der Waals surface area contributed by atoms with E-state index in [9.17, 15) is 27.6 Å². The maximum absolute atomic E-state index is 11.7. The van der Waals surface area contributed by atoms with Crippen LogP contribution in [0.4, 0.5) is 9.59 Å². The molecule has 2 rings (SSSR count). The van der Waals surface area contributed by atoms with Gasteiger partial charge in [0.15, 0.2) is 0 Å². The standard InChI is InChI=1S/C15H17N3O9S/c19-12-4-5-13(20)18(12)27-15(22)17-8-11-3-1-2-10(6-11)7-16-14(21)26-9-28(23,24)25/h1-3,6H,4-5,7-9H2,(H,16,21)(H,17,22)(H,23,24,25). The third-order valence-electron chi connectivity index (χ3n) is 3.38. The molecule has 0 bridgehead atoms. The van der Waals surface area contributed by atoms with Crippen molar-refractivity contribution in [1.82, 2.24) is 15.7 Å². The van der Waals surface area contributed by atoms with E-state index in [0.29, 0.717) is 16.2 Å². The van der Waals surface area contributed by atoms with Crippen molar-refractivity contribution in [2.24, 2.45) is 0 Å². The van der Waals surface area contributed by atoms with E-state index in [2.05, 4.69) is 20.2 Å². The summed E-state index contributed by atoms with van der Waals surface area (Å²) < 4.78 is 33.8. The number of benzene rings is 1. The maximum Gasteiger partial charge on any atom is 0.432 e. The van der Waals surface area contributed by atoms with E-state index in [1.807, 2.05) is 0 Å². The molecule has 13 heteroatoms. The monoisotopic (exact) mass is 415 g/mol. The van der Waals surface area contributed by atoms with E-state index in [1.165, 1.54) is 0 Å². The lowest BCUT2D eigenvalue weighted by Gasteiger charge is -2.13. The molecule has 0 atom stereocenters. The molecule has 0 unspecified atom stereocenters. The van der Waals surface area contributed by atoms with Gasteiger partial charge < -0.3 is 20.2 Å². The normalized spacial score (nSPS) is 14.0. The van der Waals surface area contributed by atoms with Gasteiger partial charge >= 0.3 is 22.3 Å². The topological polar surface area (TPSA) is 168 Å². The van der Waals surface area contributed by atoms with Crippen molar-refractivity contribution < 1.29 is 41.7 Å². The fourth-order valence-corrected chi connectivity index (χ4v) is 2.41. The van der Waals surface area contributed by atoms with Crippen molar-refractivity contribution in [3.8, 4) is 0 Å². The Labute approximate surface area is 159 Å². The minimum atomic E-state index is -4.42. The average molecular weight is 415 g/mol. The molecule has 4 amide bonds. The number of carbonyl (C=O) groups is 4. The number of hydrogen-bond donors (Lipinski definition) is 3. The van der Waals surface area contributed by atoms with Crippen LogP contribution in [0.1, 0.15) is 24.0 Å². The highest BCUT2D eigenvalue weighted by Crippen LogP contribution is 2.12. The van der Waals surface area contributed by atoms with Crippen LogP contribution in [-0.2, 0) is 42.4 Å². The predicted octanol–water partition coefficient (Wildman–Crippen LogP) is 0.0483. The predicted molar refractivity (Wildman–Crippen MR) is 90.6 cm³/mol. The van der Waals surface area contributed by atoms with Gasteiger partial charge in [0, 0.05) is 25.9 Å². The highest BCUT2D eigenvalue weighted by atomic mass is 32.2. The zero-order chi connectivity index (χ0) is 20.7. The molecule has 28 heavy (non-hydrogen) atoms. The van der Waals surface area contributed by atoms with Crippen LogP contribution in [-0.4, -0.2) is 48.0 Å². The number of alkyl carbamates (subject to hydrolysis) is 1. The van der Waals surface area contributed by atoms with Crippen LogP contribution >= 0.6 is 0 Å². The number of rotatable bonds is 7. The molecule has 1 aliphatic heterocycles. The van der Waals surface area contributed by atoms with Gasteiger partial charge in [-0.3, -0.25) is 14.1 Å². The number of imide groups is 1. The molecule has 1 saturated heterocycles. The lowest BCUT2D eigenvalue weighted by atomic mass is 10.1. The Bertz CT molecular complexity index is 868. The second-order valence-corrected chi connectivity index (χ2v) is 7.02. The first kappa shape index (κ1) is 21.1. The van der Waals surface area contributed by atoms with E-state index in [1.54, 1.807) is 24.3 Å². The molecular weight excluding hydrogens is 398 g/mol. The molecule has 1 aromatic carbocycles. The van der Waals surface area contributed by atoms with E-state index in [-0.39, 0.29) is 25.9 Å². The number of hydrogen-bond acceptors (Lipinski definition) is 8. The third-order valence-corrected chi connectivity index (χ3v) is 3.80. The maximum atomic E-state index is 11.7. The number of hydroxylamine groups is 2. The summed E-state index contributed by atoms with van der Waals surface area (Å²) in [5, 5.41) is 5.10. The van der Waals surface area contributed by atoms with Crippen LogP contribution in [0.5, 0.6) is 0 Å². The molecule has 0 saturated carbocycles. The highest BCUT2D eigenvalue weighted by molar-refractivity contribution is 7.85. The fraction of sp³-hybridized carbons (Fsp3) is 0.333. The Hall–Kier alpha value is -3.19. The third kappa shape index (κ3) is 6.85. The van der Waals surface area contributed by atoms with Gasteiger partial charge in [0.1, 0.15) is 0 Å². The largest absolute Gasteiger partial charge is 0.432 e. The summed E-state index contributed by atoms with van der Waals surface area (Å²) in [6.07, 6.45) is -2.02. The van der Waals surface area contributed by atoms with Gasteiger partial charge in [-0.2, -0.15) is 8.42 Å². The minimum absolute atomic E-state index is 0.000618. The van der Waals surface area contributed by atoms with Crippen LogP contribution in [0.2, 0.25) is 0 Å². The summed E-state index contributed by atoms with van der Waals surface area (Å²) in [6.45, 7) is 0.0233. The molecule has 0 radical (unpaired) electrons. The van der Waals surface area contributed by atoms with Gasteiger partial charge in [0.25, 0.3) is 11.8 Å². The summed E-state index contributed by atoms with van der Waals surface area (Å²) in [6, 6.07) is 6.62. The Morgan fingerprint density at radius 1 is 1.04 bits per heavy atom. The zero-order valence-electron chi connectivity index (χ0n) is 14.4. The molecule has 0 spiro atoms. The van der Waals surface area contributed by atoms with Gasteiger partial charge in [-0.1, -0.05) is 24.3 Å². The van der Waals surface area contributed by atoms with Gasteiger partial charge in [-0.25, -0.2) is 9.59 Å². The Morgan fingerprint density at radius 3 is 2.11 bits per heavy atom. The molecule has 3 N–H and O–H groups in total. The molecule has 0 aliphatic carbocycles. The quantitative estimate of drug-likeness (QED) is 0.411. The summed E-state index contributed by atoms with van der Waals surface area (Å²) in [5.74, 6) is -2.34. The Kier molecular flexibility index (Phi) is 6.89. The lowest BCUT2D eigenvalue weighted by molar-refractivity contribution is -0.171. The molecular formula is C15H17N3O9S. The molecule has 12 nitrogen and oxygen atoms in total. The second-order valence-electron chi connectivity index (χ2n) is 5.62. The van der Waals surface area contributed by atoms with Crippen LogP contribution in [0, 0.1) is 0 Å². The first-order chi connectivity index (χ1) is 13.1. The highest BCUT2D eigenvalue weighted by Gasteiger charge is 2.32. The van der Waals surface area contributed by atoms with Crippen LogP contribution in [0.15, 0.2) is 24.3 Å². The Morgan fingerprint density at radius 2 is 1.57 bits per heavy atom. The number of amides is 4. The van der Waals surface area contributed by atoms with Crippen molar-refractivity contribution in [3.05, 3.63) is 35.4 Å². The zero-order valence-corrected chi connectivity index (χ0v) is 15.2. The fourth-order valence-electron chi connectivity index (χ4n) is 2.15. The molecule has 0 aromatic heterocycles. The summed E-state index contributed by atoms with van der Waals surface area (Å²) in [7, 11) is -4.42. The van der Waals surface area contributed by atoms with Crippen molar-refractivity contribution in [2.45, 2.75) is 25.9 Å². The van der Waals surface area contributed by atoms with E-state index >= 15 is 0 Å². The van der Waals surface area contributed by atoms with Crippen molar-refractivity contribution in [1.29, 1.82) is 0 Å². The molecule has 1 aliphatic rings. The van der Waals surface area contributed by atoms with Gasteiger partial charge in [0.05, 0.1) is 0 Å². The number of nitrogens with one attached hydrogen (secondary N) is 2. The SMILES string of the molecule is O=C(NCc1cccc(CNC(=O)ON2C(=O)CCC2=O)c1)OCS(=O)(=O)O. The number of nitrogens with zero attached hydrogens (tertiary/aromatic N) is 1. The number of ether oxygens (including phenoxy) is 1. The van der Waals surface area contributed by atoms with Crippen molar-refractivity contribution >= 4 is 34.1 Å². The van der Waals surface area contributed by atoms with Gasteiger partial charge in [-0.15, -0.1) is 5.06 Å². The van der Waals surface area contributed by atoms with Crippen LogP contribution < -0.4 is 10.6 Å². The second kappa shape index (κ2) is 9.14. The minimum Gasteiger partial charge on any atom is -0.431 e. The van der Waals surface area contributed by atoms with Gasteiger partial charge in [0.2, 0.25) is 5.94 Å². The molecule has 152 valence electrons. The first-order valence-corrected chi connectivity index (χ1v) is 9.50. The summed E-state index contributed by atoms with van der Waals surface area (Å²) in [5.41, 5.74) is 1.24. The van der Waals surface area contributed by atoms with Crippen molar-refractivity contribution in [2.75, 3.05) is 5.94 Å². The Balaban J connectivity index is 1.79. The van der Waals surface area contributed by atoms with E-state index in [0.717, 1.165) is 0 Å². The lowest BCUT2D eigenvalue weighted by Crippen LogP contribution is -2.36. The first-order valence-electron chi connectivity index (χ1n) is 7.89. The number of carbonyl (C=O) groups excluding carboxylic acids is 4. The molecule has 1 heterocycles. The van der Waals surface area contributed by atoms with Crippen molar-refractivity contribution in [3.63, 3.8) is 0 Å². The molecule has 1 aromatic rings. The smallest absolute Gasteiger partial charge is 0.431 e. The van der Waals surface area contributed by atoms with E-state index < -0.39 is 40.1 Å². The summed E-state index contributed by atoms with van der Waals surface area (Å²) in [4.78, 5) is 50.4. The average Bonchev–Trinajstić information content (AvgIpc) is 2.95. The molecule has 1 fully saturated rings.